The standard InChI is InChI=1S/C10H12F3N3O.ClH/c11-10(12,13)6-16-4-9(17,5-16)8-3-7(14)1-2-15-8;/h1-3,17H,4-6H2,(H2,14,15);1H. The zero-order valence-corrected chi connectivity index (χ0v) is 10.1. The molecule has 2 rings (SSSR count). The first kappa shape index (κ1) is 15.0. The summed E-state index contributed by atoms with van der Waals surface area (Å²) in [5, 5.41) is 10.0. The summed E-state index contributed by atoms with van der Waals surface area (Å²) in [5.41, 5.74) is 4.95. The van der Waals surface area contributed by atoms with Gasteiger partial charge in [0.25, 0.3) is 0 Å². The molecule has 0 bridgehead atoms. The second-order valence-corrected chi connectivity index (χ2v) is 4.27. The number of pyridine rings is 1. The molecule has 0 spiro atoms. The number of hydrogen-bond donors (Lipinski definition) is 2. The molecule has 1 aliphatic heterocycles. The van der Waals surface area contributed by atoms with Crippen LogP contribution in [0.5, 0.6) is 0 Å². The van der Waals surface area contributed by atoms with Gasteiger partial charge >= 0.3 is 6.18 Å². The van der Waals surface area contributed by atoms with Crippen molar-refractivity contribution in [2.75, 3.05) is 25.4 Å². The lowest BCUT2D eigenvalue weighted by atomic mass is 9.89. The van der Waals surface area contributed by atoms with Crippen LogP contribution in [-0.2, 0) is 5.60 Å². The Morgan fingerprint density at radius 3 is 2.56 bits per heavy atom. The number of nitrogen functional groups attached to an aromatic ring is 1. The van der Waals surface area contributed by atoms with E-state index in [2.05, 4.69) is 4.98 Å². The topological polar surface area (TPSA) is 62.4 Å². The van der Waals surface area contributed by atoms with E-state index in [9.17, 15) is 18.3 Å². The van der Waals surface area contributed by atoms with Crippen molar-refractivity contribution in [3.8, 4) is 0 Å². The number of aromatic nitrogens is 1. The smallest absolute Gasteiger partial charge is 0.399 e. The minimum absolute atomic E-state index is 0. The molecular weight excluding hydrogens is 271 g/mol. The first-order valence-corrected chi connectivity index (χ1v) is 5.02. The van der Waals surface area contributed by atoms with E-state index in [1.807, 2.05) is 0 Å². The third-order valence-corrected chi connectivity index (χ3v) is 2.63. The Kier molecular flexibility index (Phi) is 4.09. The third kappa shape index (κ3) is 3.24. The number of nitrogens with zero attached hydrogens (tertiary/aromatic N) is 2. The van der Waals surface area contributed by atoms with Gasteiger partial charge in [-0.15, -0.1) is 12.4 Å². The number of anilines is 1. The van der Waals surface area contributed by atoms with Crippen molar-refractivity contribution >= 4 is 18.1 Å². The van der Waals surface area contributed by atoms with Crippen molar-refractivity contribution in [3.63, 3.8) is 0 Å². The summed E-state index contributed by atoms with van der Waals surface area (Å²) in [6.45, 7) is -1.18. The monoisotopic (exact) mass is 283 g/mol. The lowest BCUT2D eigenvalue weighted by Gasteiger charge is -2.46. The molecule has 1 saturated heterocycles. The van der Waals surface area contributed by atoms with Crippen molar-refractivity contribution in [3.05, 3.63) is 24.0 Å². The molecule has 1 aromatic heterocycles. The van der Waals surface area contributed by atoms with Crippen LogP contribution in [0.4, 0.5) is 18.9 Å². The minimum atomic E-state index is -4.25. The van der Waals surface area contributed by atoms with E-state index in [1.165, 1.54) is 12.3 Å². The van der Waals surface area contributed by atoms with Crippen molar-refractivity contribution in [2.24, 2.45) is 0 Å². The highest BCUT2D eigenvalue weighted by atomic mass is 35.5. The predicted octanol–water partition coefficient (Wildman–Crippen LogP) is 1.15. The van der Waals surface area contributed by atoms with Gasteiger partial charge in [-0.25, -0.2) is 0 Å². The number of aliphatic hydroxyl groups is 1. The zero-order valence-electron chi connectivity index (χ0n) is 9.31. The second kappa shape index (κ2) is 4.91. The van der Waals surface area contributed by atoms with Crippen molar-refractivity contribution in [1.29, 1.82) is 0 Å². The quantitative estimate of drug-likeness (QED) is 0.855. The average Bonchev–Trinajstić information content (AvgIpc) is 2.12. The summed E-state index contributed by atoms with van der Waals surface area (Å²) in [4.78, 5) is 5.04. The molecule has 2 heterocycles. The number of alkyl halides is 3. The molecule has 102 valence electrons. The Morgan fingerprint density at radius 2 is 2.06 bits per heavy atom. The highest BCUT2D eigenvalue weighted by Gasteiger charge is 2.47. The van der Waals surface area contributed by atoms with Gasteiger partial charge < -0.3 is 10.8 Å². The van der Waals surface area contributed by atoms with Crippen molar-refractivity contribution in [2.45, 2.75) is 11.8 Å². The first-order chi connectivity index (χ1) is 7.78. The van der Waals surface area contributed by atoms with Gasteiger partial charge in [-0.2, -0.15) is 13.2 Å². The molecule has 0 saturated carbocycles. The Labute approximate surface area is 108 Å². The normalized spacial score (nSPS) is 18.9. The highest BCUT2D eigenvalue weighted by Crippen LogP contribution is 2.33. The van der Waals surface area contributed by atoms with Gasteiger partial charge in [0, 0.05) is 25.0 Å². The molecule has 1 fully saturated rings. The predicted molar refractivity (Wildman–Crippen MR) is 62.3 cm³/mol. The summed E-state index contributed by atoms with van der Waals surface area (Å²) in [7, 11) is 0. The van der Waals surface area contributed by atoms with Crippen LogP contribution in [0.25, 0.3) is 0 Å². The third-order valence-electron chi connectivity index (χ3n) is 2.63. The Morgan fingerprint density at radius 1 is 1.44 bits per heavy atom. The van der Waals surface area contributed by atoms with E-state index >= 15 is 0 Å². The van der Waals surface area contributed by atoms with E-state index in [-0.39, 0.29) is 25.5 Å². The van der Waals surface area contributed by atoms with Crippen LogP contribution in [0.15, 0.2) is 18.3 Å². The van der Waals surface area contributed by atoms with E-state index < -0.39 is 18.3 Å². The van der Waals surface area contributed by atoms with Crippen LogP contribution in [-0.4, -0.2) is 40.8 Å². The maximum absolute atomic E-state index is 12.1. The van der Waals surface area contributed by atoms with Gasteiger partial charge in [0.15, 0.2) is 0 Å². The number of β-amino-alcohol motifs (C(OH)–C–C–N with tert-alkyl or cyclic N) is 1. The molecule has 3 N–H and O–H groups in total. The Hall–Kier alpha value is -1.05. The number of likely N-dealkylation sites (tertiary alicyclic amines) is 1. The van der Waals surface area contributed by atoms with Gasteiger partial charge in [0.1, 0.15) is 5.60 Å². The van der Waals surface area contributed by atoms with Crippen LogP contribution < -0.4 is 5.73 Å². The molecular formula is C10H13ClF3N3O. The second-order valence-electron chi connectivity index (χ2n) is 4.27. The summed E-state index contributed by atoms with van der Waals surface area (Å²) < 4.78 is 36.3. The highest BCUT2D eigenvalue weighted by molar-refractivity contribution is 5.85. The number of nitrogens with two attached hydrogens (primary N) is 1. The van der Waals surface area contributed by atoms with E-state index in [0.29, 0.717) is 11.4 Å². The Bertz CT molecular complexity index is 421. The molecule has 18 heavy (non-hydrogen) atoms. The minimum Gasteiger partial charge on any atom is -0.399 e. The van der Waals surface area contributed by atoms with Gasteiger partial charge in [0.2, 0.25) is 0 Å². The van der Waals surface area contributed by atoms with Gasteiger partial charge in [-0.3, -0.25) is 9.88 Å². The largest absolute Gasteiger partial charge is 0.401 e. The van der Waals surface area contributed by atoms with Crippen LogP contribution in [0.2, 0.25) is 0 Å². The summed E-state index contributed by atoms with van der Waals surface area (Å²) in [6, 6.07) is 3.03. The van der Waals surface area contributed by atoms with Gasteiger partial charge in [-0.05, 0) is 12.1 Å². The van der Waals surface area contributed by atoms with E-state index in [1.54, 1.807) is 6.07 Å². The fraction of sp³-hybridized carbons (Fsp3) is 0.500. The fourth-order valence-electron chi connectivity index (χ4n) is 1.92. The zero-order chi connectivity index (χ0) is 12.7. The number of halogens is 4. The van der Waals surface area contributed by atoms with E-state index in [0.717, 1.165) is 4.90 Å². The molecule has 0 aliphatic carbocycles. The first-order valence-electron chi connectivity index (χ1n) is 5.02. The maximum atomic E-state index is 12.1. The molecule has 0 unspecified atom stereocenters. The van der Waals surface area contributed by atoms with Crippen LogP contribution in [0.3, 0.4) is 0 Å². The molecule has 0 aromatic carbocycles. The van der Waals surface area contributed by atoms with Gasteiger partial charge in [-0.1, -0.05) is 0 Å². The summed E-state index contributed by atoms with van der Waals surface area (Å²) in [5.74, 6) is 0. The summed E-state index contributed by atoms with van der Waals surface area (Å²) >= 11 is 0. The fourth-order valence-corrected chi connectivity index (χ4v) is 1.92. The number of hydrogen-bond acceptors (Lipinski definition) is 4. The van der Waals surface area contributed by atoms with Crippen LogP contribution >= 0.6 is 12.4 Å². The van der Waals surface area contributed by atoms with Crippen molar-refractivity contribution < 1.29 is 18.3 Å². The van der Waals surface area contributed by atoms with Crippen molar-refractivity contribution in [1.82, 2.24) is 9.88 Å². The molecule has 0 radical (unpaired) electrons. The van der Waals surface area contributed by atoms with Crippen LogP contribution in [0.1, 0.15) is 5.69 Å². The average molecular weight is 284 g/mol. The molecule has 8 heteroatoms. The number of rotatable bonds is 2. The molecule has 4 nitrogen and oxygen atoms in total. The van der Waals surface area contributed by atoms with Crippen LogP contribution in [0, 0.1) is 0 Å². The lowest BCUT2D eigenvalue weighted by Crippen LogP contribution is -2.61. The maximum Gasteiger partial charge on any atom is 0.401 e. The summed E-state index contributed by atoms with van der Waals surface area (Å²) in [6.07, 6.45) is -2.82. The van der Waals surface area contributed by atoms with Gasteiger partial charge in [0.05, 0.1) is 12.2 Å². The molecule has 1 aromatic rings. The SMILES string of the molecule is Cl.Nc1ccnc(C2(O)CN(CC(F)(F)F)C2)c1. The Balaban J connectivity index is 0.00000162. The van der Waals surface area contributed by atoms with E-state index in [4.69, 9.17) is 5.73 Å². The lowest BCUT2D eigenvalue weighted by molar-refractivity contribution is -0.189. The molecule has 0 amide bonds. The molecule has 0 atom stereocenters. The molecule has 1 aliphatic rings.